The van der Waals surface area contributed by atoms with E-state index < -0.39 is 6.10 Å². The van der Waals surface area contributed by atoms with Crippen molar-refractivity contribution < 1.29 is 19.1 Å². The molecule has 1 aromatic carbocycles. The summed E-state index contributed by atoms with van der Waals surface area (Å²) in [6.45, 7) is 10.0. The smallest absolute Gasteiger partial charge is 0.355 e. The van der Waals surface area contributed by atoms with Crippen molar-refractivity contribution in [3.05, 3.63) is 70.1 Å². The van der Waals surface area contributed by atoms with Crippen LogP contribution in [0.4, 0.5) is 0 Å². The molecule has 2 aromatic rings. The topological polar surface area (TPSA) is 68.4 Å². The number of allylic oxidation sites excluding steroid dienone is 2. The number of esters is 2. The summed E-state index contributed by atoms with van der Waals surface area (Å²) in [6.07, 6.45) is 5.84. The van der Waals surface area contributed by atoms with Crippen molar-refractivity contribution in [2.75, 3.05) is 6.61 Å². The third-order valence-corrected chi connectivity index (χ3v) is 6.32. The van der Waals surface area contributed by atoms with Crippen LogP contribution in [0.5, 0.6) is 0 Å². The number of nitrogens with one attached hydrogen (secondary N) is 1. The van der Waals surface area contributed by atoms with Gasteiger partial charge in [-0.15, -0.1) is 0 Å². The number of rotatable bonds is 5. The predicted molar refractivity (Wildman–Crippen MR) is 119 cm³/mol. The maximum absolute atomic E-state index is 12.8. The average molecular weight is 422 g/mol. The highest BCUT2D eigenvalue weighted by atomic mass is 16.5. The van der Waals surface area contributed by atoms with E-state index in [2.05, 4.69) is 50.0 Å². The first-order chi connectivity index (χ1) is 14.7. The highest BCUT2D eigenvalue weighted by Gasteiger charge is 2.39. The van der Waals surface area contributed by atoms with Crippen molar-refractivity contribution in [2.24, 2.45) is 0 Å². The van der Waals surface area contributed by atoms with Gasteiger partial charge in [-0.1, -0.05) is 57.2 Å². The van der Waals surface area contributed by atoms with E-state index in [4.69, 9.17) is 9.47 Å². The van der Waals surface area contributed by atoms with Crippen LogP contribution >= 0.6 is 0 Å². The zero-order valence-electron chi connectivity index (χ0n) is 19.0. The molecule has 3 atom stereocenters. The van der Waals surface area contributed by atoms with Crippen LogP contribution in [0.25, 0.3) is 0 Å². The van der Waals surface area contributed by atoms with Crippen LogP contribution in [0.1, 0.15) is 104 Å². The van der Waals surface area contributed by atoms with E-state index >= 15 is 0 Å². The van der Waals surface area contributed by atoms with Gasteiger partial charge in [-0.2, -0.15) is 0 Å². The first kappa shape index (κ1) is 21.4. The summed E-state index contributed by atoms with van der Waals surface area (Å²) in [4.78, 5) is 28.1. The van der Waals surface area contributed by atoms with Crippen molar-refractivity contribution in [1.82, 2.24) is 4.98 Å². The van der Waals surface area contributed by atoms with Gasteiger partial charge >= 0.3 is 11.9 Å². The molecule has 5 heteroatoms. The summed E-state index contributed by atoms with van der Waals surface area (Å²) < 4.78 is 11.2. The molecule has 3 aliphatic rings. The van der Waals surface area contributed by atoms with Gasteiger partial charge in [0.05, 0.1) is 12.3 Å². The molecule has 0 saturated heterocycles. The average Bonchev–Trinajstić information content (AvgIpc) is 3.15. The molecule has 31 heavy (non-hydrogen) atoms. The van der Waals surface area contributed by atoms with Gasteiger partial charge in [0.1, 0.15) is 5.69 Å². The second kappa shape index (κ2) is 8.03. The van der Waals surface area contributed by atoms with Gasteiger partial charge < -0.3 is 14.5 Å². The summed E-state index contributed by atoms with van der Waals surface area (Å²) in [7, 11) is 0. The maximum Gasteiger partial charge on any atom is 0.355 e. The Morgan fingerprint density at radius 3 is 2.19 bits per heavy atom. The number of hydrogen-bond acceptors (Lipinski definition) is 4. The predicted octanol–water partition coefficient (Wildman–Crippen LogP) is 5.67. The van der Waals surface area contributed by atoms with E-state index in [1.165, 1.54) is 12.5 Å². The molecule has 1 N–H and O–H groups in total. The second-order valence-corrected chi connectivity index (χ2v) is 9.50. The van der Waals surface area contributed by atoms with E-state index in [9.17, 15) is 9.59 Å². The summed E-state index contributed by atoms with van der Waals surface area (Å²) in [5.41, 5.74) is 5.50. The van der Waals surface area contributed by atoms with Crippen LogP contribution in [0.15, 0.2) is 36.4 Å². The molecule has 1 unspecified atom stereocenters. The van der Waals surface area contributed by atoms with Crippen LogP contribution < -0.4 is 0 Å². The Morgan fingerprint density at radius 1 is 1.06 bits per heavy atom. The third kappa shape index (κ3) is 3.93. The van der Waals surface area contributed by atoms with Gasteiger partial charge in [0.15, 0.2) is 6.10 Å². The molecule has 0 aliphatic heterocycles. The molecule has 0 spiro atoms. The van der Waals surface area contributed by atoms with E-state index in [-0.39, 0.29) is 29.2 Å². The lowest BCUT2D eigenvalue weighted by Crippen LogP contribution is -2.20. The molecule has 5 nitrogen and oxygen atoms in total. The van der Waals surface area contributed by atoms with Gasteiger partial charge in [0.25, 0.3) is 0 Å². The zero-order valence-corrected chi connectivity index (χ0v) is 19.0. The van der Waals surface area contributed by atoms with Gasteiger partial charge in [0.2, 0.25) is 0 Å². The van der Waals surface area contributed by atoms with Gasteiger partial charge in [-0.3, -0.25) is 4.79 Å². The fourth-order valence-electron chi connectivity index (χ4n) is 4.82. The fraction of sp³-hybridized carbons (Fsp3) is 0.462. The quantitative estimate of drug-likeness (QED) is 0.499. The molecule has 164 valence electrons. The van der Waals surface area contributed by atoms with Crippen LogP contribution in [-0.4, -0.2) is 23.5 Å². The minimum atomic E-state index is -0.601. The first-order valence-corrected chi connectivity index (χ1v) is 11.1. The molecule has 5 rings (SSSR count). The summed E-state index contributed by atoms with van der Waals surface area (Å²) in [5.74, 6) is -0.315. The maximum atomic E-state index is 12.8. The normalized spacial score (nSPS) is 20.3. The SMILES string of the molecule is CCOC(=O)c1[nH]c(C(OC(C)=O)c2ccc(C(C)(C)C)cc2)c2c1[C@H]1C=C[C@@H]2CC1. The van der Waals surface area contributed by atoms with E-state index in [1.807, 2.05) is 12.1 Å². The Kier molecular flexibility index (Phi) is 5.54. The number of aromatic nitrogens is 1. The third-order valence-electron chi connectivity index (χ3n) is 6.32. The van der Waals surface area contributed by atoms with Crippen molar-refractivity contribution in [3.8, 4) is 0 Å². The molecule has 1 aromatic heterocycles. The number of ether oxygens (including phenoxy) is 2. The largest absolute Gasteiger partial charge is 0.461 e. The van der Waals surface area contributed by atoms with Crippen LogP contribution in [-0.2, 0) is 19.7 Å². The summed E-state index contributed by atoms with van der Waals surface area (Å²) in [6, 6.07) is 8.20. The van der Waals surface area contributed by atoms with Crippen LogP contribution in [0, 0.1) is 0 Å². The zero-order chi connectivity index (χ0) is 22.3. The molecule has 0 radical (unpaired) electrons. The molecule has 0 amide bonds. The molecular weight excluding hydrogens is 390 g/mol. The van der Waals surface area contributed by atoms with Crippen LogP contribution in [0.3, 0.4) is 0 Å². The summed E-state index contributed by atoms with van der Waals surface area (Å²) in [5, 5.41) is 0. The van der Waals surface area contributed by atoms with Crippen molar-refractivity contribution in [1.29, 1.82) is 0 Å². The lowest BCUT2D eigenvalue weighted by molar-refractivity contribution is -0.144. The summed E-state index contributed by atoms with van der Waals surface area (Å²) >= 11 is 0. The van der Waals surface area contributed by atoms with Gasteiger partial charge in [-0.25, -0.2) is 4.79 Å². The number of fused-ring (bicyclic) bond motifs is 1. The highest BCUT2D eigenvalue weighted by Crippen LogP contribution is 2.50. The van der Waals surface area contributed by atoms with E-state index in [0.29, 0.717) is 12.3 Å². The van der Waals surface area contributed by atoms with E-state index in [1.54, 1.807) is 6.92 Å². The highest BCUT2D eigenvalue weighted by molar-refractivity contribution is 5.91. The molecule has 1 heterocycles. The molecular formula is C26H31NO4. The lowest BCUT2D eigenvalue weighted by Gasteiger charge is -2.33. The monoisotopic (exact) mass is 421 g/mol. The number of carbonyl (C=O) groups is 2. The Hall–Kier alpha value is -2.82. The van der Waals surface area contributed by atoms with Gasteiger partial charge in [-0.05, 0) is 47.4 Å². The van der Waals surface area contributed by atoms with Crippen molar-refractivity contribution in [2.45, 2.75) is 70.8 Å². The lowest BCUT2D eigenvalue weighted by atomic mass is 9.71. The number of H-pyrrole nitrogens is 1. The van der Waals surface area contributed by atoms with Gasteiger partial charge in [0, 0.05) is 18.8 Å². The Labute approximate surface area is 183 Å². The number of hydrogen-bond donors (Lipinski definition) is 1. The standard InChI is InChI=1S/C26H31NO4/c1-6-30-25(29)23-21-17-9-7-16(8-10-17)20(21)22(27-23)24(31-15(2)28)18-11-13-19(14-12-18)26(3,4)5/h7,9,11-14,16-17,24,27H,6,8,10H2,1-5H3/t16-,17+,24?/m1/s1. The minimum Gasteiger partial charge on any atom is -0.461 e. The molecule has 2 bridgehead atoms. The molecule has 0 fully saturated rings. The number of benzene rings is 1. The van der Waals surface area contributed by atoms with E-state index in [0.717, 1.165) is 35.2 Å². The molecule has 0 saturated carbocycles. The Morgan fingerprint density at radius 2 is 1.68 bits per heavy atom. The van der Waals surface area contributed by atoms with Crippen molar-refractivity contribution >= 4 is 11.9 Å². The molecule has 3 aliphatic carbocycles. The minimum absolute atomic E-state index is 0.0298. The number of carbonyl (C=O) groups excluding carboxylic acids is 2. The van der Waals surface area contributed by atoms with Crippen molar-refractivity contribution in [3.63, 3.8) is 0 Å². The Bertz CT molecular complexity index is 1020. The fourth-order valence-corrected chi connectivity index (χ4v) is 4.82. The van der Waals surface area contributed by atoms with Crippen LogP contribution in [0.2, 0.25) is 0 Å². The first-order valence-electron chi connectivity index (χ1n) is 11.1. The number of aromatic amines is 1. The second-order valence-electron chi connectivity index (χ2n) is 9.50. The Balaban J connectivity index is 1.84.